The van der Waals surface area contributed by atoms with Crippen molar-refractivity contribution in [1.29, 1.82) is 0 Å². The quantitative estimate of drug-likeness (QED) is 0.168. The van der Waals surface area contributed by atoms with E-state index in [0.717, 1.165) is 0 Å². The average Bonchev–Trinajstić information content (AvgIpc) is 3.61. The van der Waals surface area contributed by atoms with Crippen molar-refractivity contribution in [2.75, 3.05) is 0 Å². The fourth-order valence-corrected chi connectivity index (χ4v) is 10.4. The maximum Gasteiger partial charge on any atom is 0.0748 e. The van der Waals surface area contributed by atoms with Crippen LogP contribution in [-0.2, 0) is 16.2 Å². The summed E-state index contributed by atoms with van der Waals surface area (Å²) in [6.07, 6.45) is 0. The first kappa shape index (κ1) is 28.2. The maximum atomic E-state index is 2.55. The van der Waals surface area contributed by atoms with Gasteiger partial charge in [0.2, 0.25) is 0 Å². The summed E-state index contributed by atoms with van der Waals surface area (Å²) >= 11 is 0. The van der Waals surface area contributed by atoms with Gasteiger partial charge in [0.1, 0.15) is 0 Å². The molecule has 1 aromatic heterocycles. The first-order chi connectivity index (χ1) is 24.3. The summed E-state index contributed by atoms with van der Waals surface area (Å²) in [6.45, 7) is 9.55. The number of benzene rings is 7. The van der Waals surface area contributed by atoms with Gasteiger partial charge in [-0.2, -0.15) is 0 Å². The summed E-state index contributed by atoms with van der Waals surface area (Å²) in [7, 11) is 0. The normalized spacial score (nSPS) is 18.4. The van der Waals surface area contributed by atoms with Gasteiger partial charge < -0.3 is 4.57 Å². The molecule has 0 N–H and O–H groups in total. The topological polar surface area (TPSA) is 4.93 Å². The summed E-state index contributed by atoms with van der Waals surface area (Å²) in [5.41, 5.74) is 19.5. The molecule has 0 radical (unpaired) electrons. The van der Waals surface area contributed by atoms with Gasteiger partial charge in [-0.25, -0.2) is 0 Å². The van der Waals surface area contributed by atoms with E-state index >= 15 is 0 Å². The van der Waals surface area contributed by atoms with Gasteiger partial charge in [-0.05, 0) is 91.0 Å². The van der Waals surface area contributed by atoms with Crippen LogP contribution in [-0.4, -0.2) is 4.57 Å². The summed E-state index contributed by atoms with van der Waals surface area (Å²) in [5.74, 6) is 0. The van der Waals surface area contributed by atoms with Crippen LogP contribution in [0.4, 0.5) is 0 Å². The van der Waals surface area contributed by atoms with Crippen molar-refractivity contribution in [2.45, 2.75) is 43.9 Å². The number of hydrogen-bond donors (Lipinski definition) is 0. The lowest BCUT2D eigenvalue weighted by atomic mass is 9.53. The van der Waals surface area contributed by atoms with Crippen LogP contribution in [0.25, 0.3) is 49.7 Å². The number of hydrogen-bond acceptors (Lipinski definition) is 0. The Morgan fingerprint density at radius 3 is 1.78 bits per heavy atom. The molecule has 11 rings (SSSR count). The summed E-state index contributed by atoms with van der Waals surface area (Å²) in [6, 6.07) is 57.9. The largest absolute Gasteiger partial charge is 0.309 e. The number of aromatic nitrogens is 1. The number of rotatable bonds is 1. The third-order valence-corrected chi connectivity index (χ3v) is 12.7. The lowest BCUT2D eigenvalue weighted by Gasteiger charge is -2.50. The predicted octanol–water partition coefficient (Wildman–Crippen LogP) is 12.1. The third kappa shape index (κ3) is 3.20. The summed E-state index contributed by atoms with van der Waals surface area (Å²) in [5, 5.41) is 2.61. The lowest BCUT2D eigenvalue weighted by Crippen LogP contribution is -2.44. The minimum Gasteiger partial charge on any atom is -0.309 e. The first-order valence-electron chi connectivity index (χ1n) is 18.0. The minimum absolute atomic E-state index is 0.0128. The minimum atomic E-state index is -0.497. The monoisotopic (exact) mass is 639 g/mol. The molecule has 0 fully saturated rings. The lowest BCUT2D eigenvalue weighted by molar-refractivity contribution is 0.556. The van der Waals surface area contributed by atoms with Crippen LogP contribution in [0.1, 0.15) is 72.2 Å². The van der Waals surface area contributed by atoms with E-state index in [1.54, 1.807) is 0 Å². The Hall–Kier alpha value is -5.66. The molecule has 1 atom stereocenters. The molecule has 0 saturated heterocycles. The van der Waals surface area contributed by atoms with Crippen LogP contribution in [0.5, 0.6) is 0 Å². The molecule has 50 heavy (non-hydrogen) atoms. The highest BCUT2D eigenvalue weighted by molar-refractivity contribution is 6.12. The van der Waals surface area contributed by atoms with Crippen LogP contribution in [0, 0.1) is 0 Å². The zero-order chi connectivity index (χ0) is 33.6. The maximum absolute atomic E-state index is 2.55. The van der Waals surface area contributed by atoms with Gasteiger partial charge in [-0.15, -0.1) is 0 Å². The molecule has 3 aliphatic rings. The van der Waals surface area contributed by atoms with E-state index < -0.39 is 5.41 Å². The zero-order valence-corrected chi connectivity index (χ0v) is 28.9. The molecule has 1 spiro atoms. The van der Waals surface area contributed by atoms with Crippen LogP contribution in [0.2, 0.25) is 0 Å². The second-order valence-electron chi connectivity index (χ2n) is 15.7. The van der Waals surface area contributed by atoms with Gasteiger partial charge in [0.15, 0.2) is 0 Å². The summed E-state index contributed by atoms with van der Waals surface area (Å²) in [4.78, 5) is 0. The number of nitrogens with zero attached hydrogens (tertiary/aromatic N) is 1. The molecule has 1 aliphatic heterocycles. The molecule has 0 saturated carbocycles. The van der Waals surface area contributed by atoms with Crippen LogP contribution in [0.15, 0.2) is 152 Å². The molecular formula is C49H37N. The van der Waals surface area contributed by atoms with Gasteiger partial charge in [0, 0.05) is 21.6 Å². The Kier molecular flexibility index (Phi) is 5.25. The van der Waals surface area contributed by atoms with E-state index in [0.29, 0.717) is 0 Å². The van der Waals surface area contributed by atoms with Crippen LogP contribution < -0.4 is 0 Å². The van der Waals surface area contributed by atoms with Gasteiger partial charge in [0.05, 0.1) is 22.1 Å². The second-order valence-corrected chi connectivity index (χ2v) is 15.7. The molecule has 2 aliphatic carbocycles. The van der Waals surface area contributed by atoms with E-state index in [-0.39, 0.29) is 10.8 Å². The molecule has 0 bridgehead atoms. The predicted molar refractivity (Wildman–Crippen MR) is 208 cm³/mol. The van der Waals surface area contributed by atoms with E-state index in [2.05, 4.69) is 184 Å². The van der Waals surface area contributed by atoms with Crippen molar-refractivity contribution in [3.8, 4) is 27.9 Å². The van der Waals surface area contributed by atoms with Crippen molar-refractivity contribution in [2.24, 2.45) is 0 Å². The molecule has 7 aromatic carbocycles. The van der Waals surface area contributed by atoms with E-state index in [4.69, 9.17) is 0 Å². The average molecular weight is 640 g/mol. The molecule has 1 unspecified atom stereocenters. The highest BCUT2D eigenvalue weighted by Crippen LogP contribution is 2.61. The Morgan fingerprint density at radius 2 is 0.940 bits per heavy atom. The molecule has 8 aromatic rings. The second kappa shape index (κ2) is 9.31. The molecule has 0 amide bonds. The Balaban J connectivity index is 1.27. The Morgan fingerprint density at radius 1 is 0.380 bits per heavy atom. The number of para-hydroxylation sites is 3. The zero-order valence-electron chi connectivity index (χ0n) is 28.9. The van der Waals surface area contributed by atoms with Crippen molar-refractivity contribution in [3.63, 3.8) is 0 Å². The molecule has 2 heterocycles. The Labute approximate surface area is 293 Å². The van der Waals surface area contributed by atoms with Gasteiger partial charge in [0.25, 0.3) is 0 Å². The SMILES string of the molecule is CC1(C)c2ccccc2-c2cc(-c3ccc4c(c3)C3(c5ccccc5-n5c6ccccc6c6cccc3c65)c3ccccc3C4(C)C)ccc21. The standard InChI is InChI=1S/C49H37N/c1-47(2)36-17-7-5-14-32(36)35-28-30(24-26-37(35)47)31-25-27-39-43(29-31)49(40-19-9-8-18-38(40)48(39,3)4)41-20-10-12-23-45(41)50-44-22-11-6-15-33(44)34-16-13-21-42(49)46(34)50/h5-29H,1-4H3. The molecule has 238 valence electrons. The molecular weight excluding hydrogens is 603 g/mol. The third-order valence-electron chi connectivity index (χ3n) is 12.7. The van der Waals surface area contributed by atoms with Gasteiger partial charge in [-0.3, -0.25) is 0 Å². The van der Waals surface area contributed by atoms with Crippen molar-refractivity contribution >= 4 is 21.8 Å². The number of fused-ring (bicyclic) bond motifs is 14. The van der Waals surface area contributed by atoms with E-state index in [9.17, 15) is 0 Å². The molecule has 1 heteroatoms. The van der Waals surface area contributed by atoms with Gasteiger partial charge in [-0.1, -0.05) is 155 Å². The summed E-state index contributed by atoms with van der Waals surface area (Å²) < 4.78 is 2.53. The smallest absolute Gasteiger partial charge is 0.0748 e. The highest BCUT2D eigenvalue weighted by Gasteiger charge is 2.52. The van der Waals surface area contributed by atoms with Crippen molar-refractivity contribution in [3.05, 3.63) is 196 Å². The highest BCUT2D eigenvalue weighted by atomic mass is 15.0. The fraction of sp³-hybridized carbons (Fsp3) is 0.143. The Bertz CT molecular complexity index is 2770. The van der Waals surface area contributed by atoms with Crippen LogP contribution >= 0.6 is 0 Å². The van der Waals surface area contributed by atoms with Crippen molar-refractivity contribution in [1.82, 2.24) is 4.57 Å². The van der Waals surface area contributed by atoms with Crippen LogP contribution in [0.3, 0.4) is 0 Å². The van der Waals surface area contributed by atoms with Gasteiger partial charge >= 0.3 is 0 Å². The molecule has 1 nitrogen and oxygen atoms in total. The first-order valence-corrected chi connectivity index (χ1v) is 18.0. The fourth-order valence-electron chi connectivity index (χ4n) is 10.4. The van der Waals surface area contributed by atoms with E-state index in [1.165, 1.54) is 94.3 Å². The van der Waals surface area contributed by atoms with Crippen molar-refractivity contribution < 1.29 is 0 Å². The van der Waals surface area contributed by atoms with E-state index in [1.807, 2.05) is 0 Å².